The molecule has 266 valence electrons. The van der Waals surface area contributed by atoms with Crippen molar-refractivity contribution in [2.75, 3.05) is 20.7 Å². The zero-order valence-electron chi connectivity index (χ0n) is 28.7. The van der Waals surface area contributed by atoms with Crippen LogP contribution in [0, 0.1) is 17.8 Å². The highest BCUT2D eigenvalue weighted by Crippen LogP contribution is 2.27. The number of rotatable bonds is 1. The molecule has 2 fully saturated rings. The number of esters is 1. The lowest BCUT2D eigenvalue weighted by atomic mass is 9.83. The Labute approximate surface area is 271 Å². The molecule has 3 rings (SSSR count). The lowest BCUT2D eigenvalue weighted by Gasteiger charge is -2.34. The van der Waals surface area contributed by atoms with Crippen LogP contribution in [0.2, 0.25) is 0 Å². The summed E-state index contributed by atoms with van der Waals surface area (Å²) in [6.45, 7) is 13.9. The molecule has 3 aliphatic rings. The molecule has 0 aliphatic carbocycles. The number of ketones is 1. The van der Waals surface area contributed by atoms with E-state index in [2.05, 4.69) is 4.90 Å². The fraction of sp³-hybridized carbons (Fsp3) is 0.882. The maximum absolute atomic E-state index is 12.4. The van der Waals surface area contributed by atoms with Gasteiger partial charge in [0.25, 0.3) is 0 Å². The maximum atomic E-state index is 12.4. The van der Waals surface area contributed by atoms with E-state index in [1.165, 1.54) is 13.0 Å². The van der Waals surface area contributed by atoms with Crippen LogP contribution in [0.25, 0.3) is 0 Å². The second-order valence-electron chi connectivity index (χ2n) is 14.0. The summed E-state index contributed by atoms with van der Waals surface area (Å²) in [5.74, 6) is -0.956. The van der Waals surface area contributed by atoms with Crippen LogP contribution >= 0.6 is 0 Å². The first-order valence-electron chi connectivity index (χ1n) is 16.0. The standard InChI is InChI=1S/C18H30O5.C8H17NO2.C7H14O3.CH4/c1-12-7-6-8-17(4,21)9-13(2)15(19)14(3)10-18(5,22)11-23-16(12)20;1-6-4-7(9(2)3)5-8(10)11-6;1-4-3-6(8)10-5(2)7(4)9;/h10,12-13,21-22H,6-9,11H2,1-5H3;6-8,10H,4-5H2,1-3H3;4-9H,3H2,1-2H3;1H4/b14-10+;;;/t12?,13-,17+,18+;;4?,5?,6-,7-;/m1.1./s1. The Hall–Kier alpha value is -1.44. The monoisotopic (exact) mass is 647 g/mol. The molecule has 0 amide bonds. The molecule has 0 aromatic carbocycles. The number of nitrogens with zero attached hydrogens (tertiary/aromatic N) is 1. The van der Waals surface area contributed by atoms with E-state index in [4.69, 9.17) is 19.3 Å². The summed E-state index contributed by atoms with van der Waals surface area (Å²) in [7, 11) is 4.07. The zero-order chi connectivity index (χ0) is 34.0. The van der Waals surface area contributed by atoms with Gasteiger partial charge >= 0.3 is 5.97 Å². The Bertz CT molecular complexity index is 899. The number of aliphatic hydroxyl groups excluding tert-OH is 3. The average Bonchev–Trinajstić information content (AvgIpc) is 2.88. The van der Waals surface area contributed by atoms with Crippen molar-refractivity contribution < 1.29 is 49.3 Å². The molecule has 11 atom stereocenters. The summed E-state index contributed by atoms with van der Waals surface area (Å²) >= 11 is 0. The second-order valence-corrected chi connectivity index (χ2v) is 14.0. The first kappa shape index (κ1) is 43.6. The molecule has 45 heavy (non-hydrogen) atoms. The van der Waals surface area contributed by atoms with Crippen molar-refractivity contribution in [3.8, 4) is 0 Å². The van der Waals surface area contributed by atoms with Crippen LogP contribution < -0.4 is 0 Å². The third-order valence-corrected chi connectivity index (χ3v) is 8.58. The van der Waals surface area contributed by atoms with Gasteiger partial charge in [-0.3, -0.25) is 9.59 Å². The van der Waals surface area contributed by atoms with Gasteiger partial charge in [-0.25, -0.2) is 0 Å². The van der Waals surface area contributed by atoms with Crippen molar-refractivity contribution in [1.29, 1.82) is 0 Å². The number of cyclic esters (lactones) is 1. The molecule has 5 N–H and O–H groups in total. The molecule has 6 unspecified atom stereocenters. The number of aliphatic hydroxyl groups is 5. The Morgan fingerprint density at radius 3 is 2.00 bits per heavy atom. The van der Waals surface area contributed by atoms with Gasteiger partial charge in [0.2, 0.25) is 0 Å². The van der Waals surface area contributed by atoms with Crippen molar-refractivity contribution in [3.63, 3.8) is 0 Å². The van der Waals surface area contributed by atoms with Gasteiger partial charge in [0.05, 0.1) is 29.8 Å². The molecule has 0 spiro atoms. The van der Waals surface area contributed by atoms with Crippen molar-refractivity contribution in [2.24, 2.45) is 17.8 Å². The summed E-state index contributed by atoms with van der Waals surface area (Å²) in [5.41, 5.74) is -1.92. The molecule has 3 aliphatic heterocycles. The highest BCUT2D eigenvalue weighted by molar-refractivity contribution is 5.96. The van der Waals surface area contributed by atoms with E-state index in [-0.39, 0.29) is 55.7 Å². The molecular formula is C34H65NO10. The van der Waals surface area contributed by atoms with E-state index in [9.17, 15) is 30.0 Å². The van der Waals surface area contributed by atoms with Crippen LogP contribution in [0.5, 0.6) is 0 Å². The lowest BCUT2D eigenvalue weighted by Crippen LogP contribution is -2.42. The van der Waals surface area contributed by atoms with Gasteiger partial charge in [0.1, 0.15) is 12.2 Å². The van der Waals surface area contributed by atoms with E-state index in [1.807, 2.05) is 27.9 Å². The first-order valence-corrected chi connectivity index (χ1v) is 16.0. The lowest BCUT2D eigenvalue weighted by molar-refractivity contribution is -0.209. The minimum atomic E-state index is -1.39. The molecular weight excluding hydrogens is 582 g/mol. The van der Waals surface area contributed by atoms with Crippen molar-refractivity contribution >= 4 is 11.8 Å². The van der Waals surface area contributed by atoms with E-state index in [0.717, 1.165) is 12.8 Å². The molecule has 3 heterocycles. The van der Waals surface area contributed by atoms with E-state index in [0.29, 0.717) is 43.7 Å². The fourth-order valence-electron chi connectivity index (χ4n) is 5.91. The quantitative estimate of drug-likeness (QED) is 0.264. The summed E-state index contributed by atoms with van der Waals surface area (Å²) < 4.78 is 15.3. The van der Waals surface area contributed by atoms with Gasteiger partial charge in [-0.15, -0.1) is 0 Å². The van der Waals surface area contributed by atoms with Crippen molar-refractivity contribution in [3.05, 3.63) is 11.6 Å². The largest absolute Gasteiger partial charge is 0.462 e. The van der Waals surface area contributed by atoms with Gasteiger partial charge in [0.15, 0.2) is 18.4 Å². The van der Waals surface area contributed by atoms with Crippen LogP contribution in [0.1, 0.15) is 108 Å². The Morgan fingerprint density at radius 2 is 1.47 bits per heavy atom. The molecule has 0 radical (unpaired) electrons. The predicted molar refractivity (Wildman–Crippen MR) is 174 cm³/mol. The van der Waals surface area contributed by atoms with Gasteiger partial charge in [-0.2, -0.15) is 0 Å². The summed E-state index contributed by atoms with van der Waals surface area (Å²) in [5, 5.41) is 48.4. The molecule has 11 heteroatoms. The highest BCUT2D eigenvalue weighted by atomic mass is 16.6. The summed E-state index contributed by atoms with van der Waals surface area (Å²) in [6, 6.07) is 0.466. The van der Waals surface area contributed by atoms with E-state index in [1.54, 1.807) is 34.6 Å². The first-order chi connectivity index (χ1) is 20.1. The fourth-order valence-corrected chi connectivity index (χ4v) is 5.91. The van der Waals surface area contributed by atoms with Crippen molar-refractivity contribution in [2.45, 2.75) is 156 Å². The third kappa shape index (κ3) is 16.3. The molecule has 0 saturated carbocycles. The zero-order valence-corrected chi connectivity index (χ0v) is 28.7. The molecule has 0 bridgehead atoms. The number of ether oxygens (including phenoxy) is 3. The number of hydrogen-bond acceptors (Lipinski definition) is 11. The SMILES string of the molecule is C.C/C1=C\[C@](C)(O)COC(=O)C(C)CCC[C@](C)(O)C[C@@H](C)C1=O.CC1CC(N(C)C)CC(O)O1.CC1C[C@H](O)OC(C)[C@@H]1O. The van der Waals surface area contributed by atoms with E-state index >= 15 is 0 Å². The summed E-state index contributed by atoms with van der Waals surface area (Å²) in [4.78, 5) is 26.5. The van der Waals surface area contributed by atoms with Crippen LogP contribution in [0.4, 0.5) is 0 Å². The van der Waals surface area contributed by atoms with Crippen molar-refractivity contribution in [1.82, 2.24) is 4.90 Å². The van der Waals surface area contributed by atoms with Crippen LogP contribution in [-0.2, 0) is 23.8 Å². The third-order valence-electron chi connectivity index (χ3n) is 8.58. The Balaban J connectivity index is 0.000000728. The molecule has 0 aromatic rings. The minimum Gasteiger partial charge on any atom is -0.462 e. The van der Waals surface area contributed by atoms with Crippen LogP contribution in [-0.4, -0.2) is 111 Å². The molecule has 0 aromatic heterocycles. The summed E-state index contributed by atoms with van der Waals surface area (Å²) in [6.07, 6.45) is 4.16. The topological polar surface area (TPSA) is 166 Å². The molecule has 2 saturated heterocycles. The predicted octanol–water partition coefficient (Wildman–Crippen LogP) is 3.57. The van der Waals surface area contributed by atoms with Gasteiger partial charge < -0.3 is 44.6 Å². The highest BCUT2D eigenvalue weighted by Gasteiger charge is 2.32. The normalized spacial score (nSPS) is 41.4. The number of hydrogen-bond donors (Lipinski definition) is 5. The molecule has 11 nitrogen and oxygen atoms in total. The number of Topliss-reactive ketones (excluding diaryl/α,β-unsaturated/α-hetero) is 1. The Morgan fingerprint density at radius 1 is 0.889 bits per heavy atom. The van der Waals surface area contributed by atoms with Crippen LogP contribution in [0.15, 0.2) is 11.6 Å². The smallest absolute Gasteiger partial charge is 0.308 e. The Kier molecular flexibility index (Phi) is 18.8. The maximum Gasteiger partial charge on any atom is 0.308 e. The number of carbonyl (C=O) groups is 2. The van der Waals surface area contributed by atoms with Gasteiger partial charge in [0, 0.05) is 24.8 Å². The minimum absolute atomic E-state index is 0. The van der Waals surface area contributed by atoms with E-state index < -0.39 is 29.9 Å². The number of carbonyl (C=O) groups excluding carboxylic acids is 2. The van der Waals surface area contributed by atoms with Gasteiger partial charge in [-0.05, 0) is 98.4 Å². The average molecular weight is 648 g/mol. The number of allylic oxidation sites excluding steroid dienone is 1. The van der Waals surface area contributed by atoms with Crippen LogP contribution in [0.3, 0.4) is 0 Å². The second kappa shape index (κ2) is 19.4. The van der Waals surface area contributed by atoms with Gasteiger partial charge in [-0.1, -0.05) is 28.2 Å².